The van der Waals surface area contributed by atoms with E-state index in [2.05, 4.69) is 9.71 Å². The fourth-order valence-electron chi connectivity index (χ4n) is 1.69. The lowest BCUT2D eigenvalue weighted by molar-refractivity contribution is 0.572. The van der Waals surface area contributed by atoms with Crippen LogP contribution in [0.25, 0.3) is 0 Å². The summed E-state index contributed by atoms with van der Waals surface area (Å²) in [6.45, 7) is 0.457. The summed E-state index contributed by atoms with van der Waals surface area (Å²) in [6.07, 6.45) is 5.74. The van der Waals surface area contributed by atoms with Gasteiger partial charge in [-0.05, 0) is 30.9 Å². The van der Waals surface area contributed by atoms with Crippen LogP contribution in [0.2, 0.25) is 0 Å². The first-order chi connectivity index (χ1) is 8.62. The van der Waals surface area contributed by atoms with E-state index in [0.29, 0.717) is 6.54 Å². The van der Waals surface area contributed by atoms with Crippen LogP contribution >= 0.6 is 0 Å². The predicted octanol–water partition coefficient (Wildman–Crippen LogP) is 1.42. The van der Waals surface area contributed by atoms with Crippen LogP contribution in [0.15, 0.2) is 23.2 Å². The zero-order valence-electron chi connectivity index (χ0n) is 9.96. The molecule has 18 heavy (non-hydrogen) atoms. The number of sulfonamides is 1. The molecule has 1 aliphatic carbocycles. The number of nitrogens with one attached hydrogen (secondary N) is 1. The Labute approximate surface area is 107 Å². The number of aromatic nitrogens is 1. The van der Waals surface area contributed by atoms with Gasteiger partial charge < -0.3 is 0 Å². The van der Waals surface area contributed by atoms with E-state index in [9.17, 15) is 8.42 Å². The normalized spacial score (nSPS) is 15.3. The van der Waals surface area contributed by atoms with Crippen LogP contribution in [-0.4, -0.2) is 19.9 Å². The van der Waals surface area contributed by atoms with E-state index in [4.69, 9.17) is 5.26 Å². The Morgan fingerprint density at radius 3 is 2.78 bits per heavy atom. The predicted molar refractivity (Wildman–Crippen MR) is 66.1 cm³/mol. The van der Waals surface area contributed by atoms with Gasteiger partial charge in [0.25, 0.3) is 0 Å². The maximum absolute atomic E-state index is 11.9. The topological polar surface area (TPSA) is 82.8 Å². The number of nitriles is 1. The molecule has 2 rings (SSSR count). The van der Waals surface area contributed by atoms with Gasteiger partial charge >= 0.3 is 0 Å². The molecule has 0 unspecified atom stereocenters. The van der Waals surface area contributed by atoms with Crippen molar-refractivity contribution in [1.82, 2.24) is 9.71 Å². The quantitative estimate of drug-likeness (QED) is 0.788. The van der Waals surface area contributed by atoms with E-state index in [1.165, 1.54) is 31.2 Å². The summed E-state index contributed by atoms with van der Waals surface area (Å²) in [5.74, 6) is 0.811. The van der Waals surface area contributed by atoms with Gasteiger partial charge in [0.1, 0.15) is 16.7 Å². The summed E-state index contributed by atoms with van der Waals surface area (Å²) in [6, 6.07) is 4.65. The number of hydrogen-bond donors (Lipinski definition) is 1. The van der Waals surface area contributed by atoms with Crippen molar-refractivity contribution in [3.05, 3.63) is 24.0 Å². The molecule has 0 bridgehead atoms. The average Bonchev–Trinajstić information content (AvgIpc) is 3.19. The molecule has 0 aromatic carbocycles. The molecule has 0 amide bonds. The van der Waals surface area contributed by atoms with Crippen molar-refractivity contribution >= 4 is 10.0 Å². The molecule has 1 aromatic heterocycles. The lowest BCUT2D eigenvalue weighted by atomic mass is 10.2. The summed E-state index contributed by atoms with van der Waals surface area (Å²) in [7, 11) is -3.48. The third kappa shape index (κ3) is 3.52. The second-order valence-electron chi connectivity index (χ2n) is 4.47. The third-order valence-electron chi connectivity index (χ3n) is 2.94. The molecule has 1 fully saturated rings. The van der Waals surface area contributed by atoms with Crippen LogP contribution < -0.4 is 4.72 Å². The first kappa shape index (κ1) is 13.0. The summed E-state index contributed by atoms with van der Waals surface area (Å²) in [5, 5.41) is 8.58. The van der Waals surface area contributed by atoms with E-state index in [-0.39, 0.29) is 10.6 Å². The van der Waals surface area contributed by atoms with Gasteiger partial charge in [-0.1, -0.05) is 12.8 Å². The highest BCUT2D eigenvalue weighted by Crippen LogP contribution is 2.33. The summed E-state index contributed by atoms with van der Waals surface area (Å²) in [5.41, 5.74) is 0.211. The fraction of sp³-hybridized carbons (Fsp3) is 0.500. The minimum Gasteiger partial charge on any atom is -0.244 e. The lowest BCUT2D eigenvalue weighted by Crippen LogP contribution is -2.25. The molecule has 0 atom stereocenters. The van der Waals surface area contributed by atoms with E-state index in [0.717, 1.165) is 18.8 Å². The third-order valence-corrected chi connectivity index (χ3v) is 4.39. The Balaban J connectivity index is 1.89. The molecule has 0 saturated heterocycles. The van der Waals surface area contributed by atoms with Crippen LogP contribution in [0.5, 0.6) is 0 Å². The van der Waals surface area contributed by atoms with Gasteiger partial charge in [0.2, 0.25) is 10.0 Å². The van der Waals surface area contributed by atoms with Crippen LogP contribution in [0, 0.1) is 17.2 Å². The average molecular weight is 265 g/mol. The van der Waals surface area contributed by atoms with Crippen LogP contribution in [0.4, 0.5) is 0 Å². The van der Waals surface area contributed by atoms with Crippen molar-refractivity contribution in [2.24, 2.45) is 5.92 Å². The number of rotatable bonds is 6. The fourth-order valence-corrected chi connectivity index (χ4v) is 2.71. The molecule has 0 spiro atoms. The zero-order valence-corrected chi connectivity index (χ0v) is 10.8. The monoisotopic (exact) mass is 265 g/mol. The molecule has 0 radical (unpaired) electrons. The summed E-state index contributed by atoms with van der Waals surface area (Å²) in [4.78, 5) is 3.85. The van der Waals surface area contributed by atoms with E-state index in [1.54, 1.807) is 0 Å². The summed E-state index contributed by atoms with van der Waals surface area (Å²) < 4.78 is 26.3. The van der Waals surface area contributed by atoms with Crippen molar-refractivity contribution in [2.75, 3.05) is 6.54 Å². The second kappa shape index (κ2) is 5.46. The molecule has 96 valence electrons. The van der Waals surface area contributed by atoms with Gasteiger partial charge in [0.05, 0.1) is 0 Å². The van der Waals surface area contributed by atoms with E-state index < -0.39 is 10.0 Å². The Kier molecular flexibility index (Phi) is 3.94. The number of nitrogens with zero attached hydrogens (tertiary/aromatic N) is 2. The number of pyridine rings is 1. The van der Waals surface area contributed by atoms with Gasteiger partial charge in [0, 0.05) is 12.7 Å². The summed E-state index contributed by atoms with van der Waals surface area (Å²) >= 11 is 0. The minimum absolute atomic E-state index is 0.105. The molecule has 1 N–H and O–H groups in total. The Hall–Kier alpha value is -1.45. The van der Waals surface area contributed by atoms with E-state index >= 15 is 0 Å². The molecular weight excluding hydrogens is 250 g/mol. The molecule has 0 aliphatic heterocycles. The highest BCUT2D eigenvalue weighted by atomic mass is 32.2. The standard InChI is InChI=1S/C12H15N3O2S/c13-8-11-5-6-12(9-14-11)18(16,17)15-7-1-2-10-3-4-10/h5-6,9-10,15H,1-4,7H2. The number of hydrogen-bond acceptors (Lipinski definition) is 4. The van der Waals surface area contributed by atoms with Crippen LogP contribution in [0.1, 0.15) is 31.4 Å². The lowest BCUT2D eigenvalue weighted by Gasteiger charge is -2.05. The van der Waals surface area contributed by atoms with Gasteiger partial charge in [-0.2, -0.15) is 5.26 Å². The van der Waals surface area contributed by atoms with Crippen molar-refractivity contribution in [1.29, 1.82) is 5.26 Å². The SMILES string of the molecule is N#Cc1ccc(S(=O)(=O)NCCCC2CC2)cn1. The van der Waals surface area contributed by atoms with Crippen molar-refractivity contribution in [3.63, 3.8) is 0 Å². The first-order valence-electron chi connectivity index (χ1n) is 5.97. The zero-order chi connectivity index (χ0) is 13.0. The smallest absolute Gasteiger partial charge is 0.242 e. The molecule has 1 saturated carbocycles. The van der Waals surface area contributed by atoms with Gasteiger partial charge in [-0.25, -0.2) is 18.1 Å². The van der Waals surface area contributed by atoms with Crippen molar-refractivity contribution in [3.8, 4) is 6.07 Å². The van der Waals surface area contributed by atoms with E-state index in [1.807, 2.05) is 6.07 Å². The maximum atomic E-state index is 11.9. The second-order valence-corrected chi connectivity index (χ2v) is 6.24. The van der Waals surface area contributed by atoms with Crippen LogP contribution in [0.3, 0.4) is 0 Å². The maximum Gasteiger partial charge on any atom is 0.242 e. The van der Waals surface area contributed by atoms with Crippen molar-refractivity contribution in [2.45, 2.75) is 30.6 Å². The highest BCUT2D eigenvalue weighted by molar-refractivity contribution is 7.89. The molecule has 1 aliphatic rings. The molecule has 6 heteroatoms. The Bertz CT molecular complexity index is 542. The molecular formula is C12H15N3O2S. The molecule has 1 aromatic rings. The van der Waals surface area contributed by atoms with Gasteiger partial charge in [0.15, 0.2) is 0 Å². The van der Waals surface area contributed by atoms with Gasteiger partial charge in [-0.3, -0.25) is 0 Å². The van der Waals surface area contributed by atoms with Gasteiger partial charge in [-0.15, -0.1) is 0 Å². The molecule has 1 heterocycles. The largest absolute Gasteiger partial charge is 0.244 e. The Morgan fingerprint density at radius 1 is 1.44 bits per heavy atom. The first-order valence-corrected chi connectivity index (χ1v) is 7.46. The van der Waals surface area contributed by atoms with Crippen molar-refractivity contribution < 1.29 is 8.42 Å². The molecule has 5 nitrogen and oxygen atoms in total. The highest BCUT2D eigenvalue weighted by Gasteiger charge is 2.20. The van der Waals surface area contributed by atoms with Crippen LogP contribution in [-0.2, 0) is 10.0 Å². The Morgan fingerprint density at radius 2 is 2.22 bits per heavy atom. The minimum atomic E-state index is -3.48.